The summed E-state index contributed by atoms with van der Waals surface area (Å²) in [5.41, 5.74) is 2.81. The smallest absolute Gasteiger partial charge is 0.274 e. The topological polar surface area (TPSA) is 70.6 Å². The molecule has 0 aromatic carbocycles. The summed E-state index contributed by atoms with van der Waals surface area (Å²) in [4.78, 5) is 20.5. The highest BCUT2D eigenvalue weighted by Crippen LogP contribution is 2.58. The minimum absolute atomic E-state index is 0.0516. The highest BCUT2D eigenvalue weighted by Gasteiger charge is 2.63. The molecular weight excluding hydrogens is 316 g/mol. The molecule has 3 fully saturated rings. The lowest BCUT2D eigenvalue weighted by Gasteiger charge is -2.23. The molecule has 2 aliphatic carbocycles. The van der Waals surface area contributed by atoms with E-state index in [1.807, 2.05) is 11.0 Å². The molecule has 1 amide bonds. The molecule has 2 aliphatic heterocycles. The number of nitrogens with zero attached hydrogens (tertiary/aromatic N) is 3. The fraction of sp³-hybridized carbons (Fsp3) is 0.737. The predicted molar refractivity (Wildman–Crippen MR) is 93.3 cm³/mol. The molecule has 134 valence electrons. The Kier molecular flexibility index (Phi) is 3.13. The van der Waals surface area contributed by atoms with Gasteiger partial charge in [-0.1, -0.05) is 19.0 Å². The SMILES string of the molecule is CC(C)c1cc(C(=O)N2C[C@@H]3C(C4=NOC5(C)CCCC45)[C@@H]3C2)n[nH]1. The monoisotopic (exact) mass is 342 g/mol. The van der Waals surface area contributed by atoms with Crippen molar-refractivity contribution in [2.75, 3.05) is 13.1 Å². The average Bonchev–Trinajstić information content (AvgIpc) is 3.11. The predicted octanol–water partition coefficient (Wildman–Crippen LogP) is 2.80. The van der Waals surface area contributed by atoms with E-state index in [4.69, 9.17) is 4.84 Å². The number of aromatic nitrogens is 2. The molecular formula is C19H26N4O2. The Morgan fingerprint density at radius 3 is 2.84 bits per heavy atom. The Balaban J connectivity index is 1.24. The summed E-state index contributed by atoms with van der Waals surface area (Å²) < 4.78 is 0. The molecule has 4 aliphatic rings. The van der Waals surface area contributed by atoms with Gasteiger partial charge >= 0.3 is 0 Å². The Morgan fingerprint density at radius 2 is 2.16 bits per heavy atom. The molecule has 1 N–H and O–H groups in total. The minimum Gasteiger partial charge on any atom is -0.389 e. The number of likely N-dealkylation sites (tertiary alicyclic amines) is 1. The molecule has 6 nitrogen and oxygen atoms in total. The van der Waals surface area contributed by atoms with Crippen LogP contribution >= 0.6 is 0 Å². The van der Waals surface area contributed by atoms with Crippen molar-refractivity contribution >= 4 is 11.6 Å². The quantitative estimate of drug-likeness (QED) is 0.918. The number of carbonyl (C=O) groups is 1. The zero-order chi connectivity index (χ0) is 17.3. The fourth-order valence-corrected chi connectivity index (χ4v) is 5.26. The maximum atomic E-state index is 12.7. The largest absolute Gasteiger partial charge is 0.389 e. The van der Waals surface area contributed by atoms with Crippen LogP contribution in [0.2, 0.25) is 0 Å². The molecule has 3 unspecified atom stereocenters. The van der Waals surface area contributed by atoms with Crippen LogP contribution < -0.4 is 0 Å². The van der Waals surface area contributed by atoms with Gasteiger partial charge in [0, 0.05) is 30.6 Å². The maximum absolute atomic E-state index is 12.7. The van der Waals surface area contributed by atoms with Crippen molar-refractivity contribution in [2.45, 2.75) is 51.6 Å². The van der Waals surface area contributed by atoms with Crippen molar-refractivity contribution in [1.29, 1.82) is 0 Å². The van der Waals surface area contributed by atoms with E-state index in [0.717, 1.165) is 25.2 Å². The molecule has 2 saturated carbocycles. The first-order valence-corrected chi connectivity index (χ1v) is 9.58. The lowest BCUT2D eigenvalue weighted by Crippen LogP contribution is -2.35. The van der Waals surface area contributed by atoms with Gasteiger partial charge in [0.15, 0.2) is 0 Å². The number of hydrogen-bond donors (Lipinski definition) is 1. The van der Waals surface area contributed by atoms with Crippen LogP contribution in [0.5, 0.6) is 0 Å². The van der Waals surface area contributed by atoms with Gasteiger partial charge in [-0.05, 0) is 50.0 Å². The summed E-state index contributed by atoms with van der Waals surface area (Å²) >= 11 is 0. The first-order valence-electron chi connectivity index (χ1n) is 9.58. The lowest BCUT2D eigenvalue weighted by atomic mass is 9.86. The van der Waals surface area contributed by atoms with E-state index in [2.05, 4.69) is 36.1 Å². The zero-order valence-corrected chi connectivity index (χ0v) is 15.2. The Morgan fingerprint density at radius 1 is 1.40 bits per heavy atom. The van der Waals surface area contributed by atoms with Crippen molar-refractivity contribution in [1.82, 2.24) is 15.1 Å². The van der Waals surface area contributed by atoms with Gasteiger partial charge in [0.05, 0.1) is 5.71 Å². The molecule has 1 aromatic rings. The van der Waals surface area contributed by atoms with Gasteiger partial charge in [-0.3, -0.25) is 9.89 Å². The molecule has 0 spiro atoms. The van der Waals surface area contributed by atoms with Crippen LogP contribution in [0.25, 0.3) is 0 Å². The Bertz CT molecular complexity index is 742. The van der Waals surface area contributed by atoms with Crippen LogP contribution in [0.15, 0.2) is 11.2 Å². The number of carbonyl (C=O) groups excluding carboxylic acids is 1. The van der Waals surface area contributed by atoms with Crippen LogP contribution in [-0.4, -0.2) is 45.4 Å². The molecule has 5 rings (SSSR count). The normalized spacial score (nSPS) is 38.6. The second-order valence-corrected chi connectivity index (χ2v) is 8.79. The molecule has 5 atom stereocenters. The third-order valence-electron chi connectivity index (χ3n) is 6.88. The number of fused-ring (bicyclic) bond motifs is 2. The number of oxime groups is 1. The minimum atomic E-state index is -0.0516. The van der Waals surface area contributed by atoms with Gasteiger partial charge in [0.1, 0.15) is 11.3 Å². The Labute approximate surface area is 148 Å². The van der Waals surface area contributed by atoms with E-state index in [-0.39, 0.29) is 11.5 Å². The highest BCUT2D eigenvalue weighted by molar-refractivity contribution is 5.96. The Hall–Kier alpha value is -1.85. The highest BCUT2D eigenvalue weighted by atomic mass is 16.7. The van der Waals surface area contributed by atoms with Gasteiger partial charge in [-0.25, -0.2) is 0 Å². The van der Waals surface area contributed by atoms with E-state index in [1.54, 1.807) is 0 Å². The molecule has 3 heterocycles. The molecule has 6 heteroatoms. The third kappa shape index (κ3) is 2.19. The van der Waals surface area contributed by atoms with E-state index in [1.165, 1.54) is 18.6 Å². The van der Waals surface area contributed by atoms with Crippen LogP contribution in [0.1, 0.15) is 62.1 Å². The van der Waals surface area contributed by atoms with Crippen molar-refractivity contribution in [3.8, 4) is 0 Å². The van der Waals surface area contributed by atoms with E-state index in [0.29, 0.717) is 35.3 Å². The lowest BCUT2D eigenvalue weighted by molar-refractivity contribution is -0.0163. The van der Waals surface area contributed by atoms with Crippen LogP contribution in [-0.2, 0) is 4.84 Å². The molecule has 25 heavy (non-hydrogen) atoms. The number of aromatic amines is 1. The summed E-state index contributed by atoms with van der Waals surface area (Å²) in [6.07, 6.45) is 3.57. The van der Waals surface area contributed by atoms with E-state index < -0.39 is 0 Å². The van der Waals surface area contributed by atoms with Crippen LogP contribution in [0.4, 0.5) is 0 Å². The van der Waals surface area contributed by atoms with Crippen molar-refractivity contribution in [3.05, 3.63) is 17.5 Å². The number of piperidine rings is 1. The molecule has 1 aromatic heterocycles. The standard InChI is InChI=1S/C19H26N4O2/c1-10(2)14-7-15(21-20-14)18(24)23-8-11-12(9-23)16(11)17-13-5-4-6-19(13,3)25-22-17/h7,10-13,16H,4-6,8-9H2,1-3H3,(H,20,21)/t11-,12+,13?,16?,19?. The molecule has 0 bridgehead atoms. The number of rotatable bonds is 3. The first-order chi connectivity index (χ1) is 12.0. The van der Waals surface area contributed by atoms with Gasteiger partial charge in [-0.2, -0.15) is 5.10 Å². The van der Waals surface area contributed by atoms with Gasteiger partial charge in [-0.15, -0.1) is 0 Å². The summed E-state index contributed by atoms with van der Waals surface area (Å²) in [5.74, 6) is 2.60. The summed E-state index contributed by atoms with van der Waals surface area (Å²) in [7, 11) is 0. The van der Waals surface area contributed by atoms with Gasteiger partial charge < -0.3 is 9.74 Å². The third-order valence-corrected chi connectivity index (χ3v) is 6.88. The van der Waals surface area contributed by atoms with Gasteiger partial charge in [0.2, 0.25) is 0 Å². The van der Waals surface area contributed by atoms with E-state index >= 15 is 0 Å². The van der Waals surface area contributed by atoms with Crippen LogP contribution in [0, 0.1) is 23.7 Å². The summed E-state index contributed by atoms with van der Waals surface area (Å²) in [6, 6.07) is 1.90. The summed E-state index contributed by atoms with van der Waals surface area (Å²) in [6.45, 7) is 8.07. The second kappa shape index (κ2) is 5.08. The first kappa shape index (κ1) is 15.4. The van der Waals surface area contributed by atoms with Crippen LogP contribution in [0.3, 0.4) is 0 Å². The zero-order valence-electron chi connectivity index (χ0n) is 15.2. The number of amides is 1. The maximum Gasteiger partial charge on any atom is 0.274 e. The molecule has 0 radical (unpaired) electrons. The number of nitrogens with one attached hydrogen (secondary N) is 1. The van der Waals surface area contributed by atoms with Gasteiger partial charge in [0.25, 0.3) is 5.91 Å². The van der Waals surface area contributed by atoms with E-state index in [9.17, 15) is 4.79 Å². The summed E-state index contributed by atoms with van der Waals surface area (Å²) in [5, 5.41) is 11.7. The van der Waals surface area contributed by atoms with Crippen molar-refractivity contribution < 1.29 is 9.63 Å². The number of hydrogen-bond acceptors (Lipinski definition) is 4. The fourth-order valence-electron chi connectivity index (χ4n) is 5.26. The van der Waals surface area contributed by atoms with Crippen molar-refractivity contribution in [2.24, 2.45) is 28.8 Å². The number of H-pyrrole nitrogens is 1. The second-order valence-electron chi connectivity index (χ2n) is 8.79. The average molecular weight is 342 g/mol. The molecule has 1 saturated heterocycles. The van der Waals surface area contributed by atoms with Crippen molar-refractivity contribution in [3.63, 3.8) is 0 Å².